The fraction of sp³-hybridized carbons (Fsp3) is 0.778. The number of aromatic nitrogens is 1. The monoisotopic (exact) mass is 366 g/mol. The van der Waals surface area contributed by atoms with E-state index in [0.717, 1.165) is 44.5 Å². The highest BCUT2D eigenvalue weighted by Crippen LogP contribution is 2.39. The predicted molar refractivity (Wildman–Crippen MR) is 101 cm³/mol. The first kappa shape index (κ1) is 18.6. The molecule has 1 aromatic rings. The molecule has 2 aliphatic rings. The van der Waals surface area contributed by atoms with Gasteiger partial charge in [-0.3, -0.25) is 4.79 Å². The quantitative estimate of drug-likeness (QED) is 0.807. The van der Waals surface area contributed by atoms with E-state index in [1.165, 1.54) is 11.3 Å². The Bertz CT molecular complexity index is 581. The van der Waals surface area contributed by atoms with Crippen LogP contribution in [0.1, 0.15) is 51.6 Å². The van der Waals surface area contributed by atoms with Crippen LogP contribution < -0.4 is 11.1 Å². The van der Waals surface area contributed by atoms with E-state index in [0.29, 0.717) is 30.6 Å². The number of nitrogen functional groups attached to an aromatic ring is 1. The van der Waals surface area contributed by atoms with Crippen LogP contribution in [0.15, 0.2) is 5.38 Å². The van der Waals surface area contributed by atoms with Crippen molar-refractivity contribution in [2.75, 3.05) is 25.4 Å². The molecule has 2 saturated heterocycles. The average Bonchev–Trinajstić information content (AvgIpc) is 3.18. The summed E-state index contributed by atoms with van der Waals surface area (Å²) in [6, 6.07) is 0.613. The Labute approximate surface area is 154 Å². The lowest BCUT2D eigenvalue weighted by molar-refractivity contribution is -0.122. The molecule has 0 saturated carbocycles. The molecular formula is C18H30N4O2S. The maximum atomic E-state index is 12.0. The van der Waals surface area contributed by atoms with Gasteiger partial charge in [-0.25, -0.2) is 4.98 Å². The summed E-state index contributed by atoms with van der Waals surface area (Å²) < 4.78 is 6.37. The molecular weight excluding hydrogens is 336 g/mol. The molecule has 1 spiro atoms. The maximum absolute atomic E-state index is 12.0. The summed E-state index contributed by atoms with van der Waals surface area (Å²) in [5.74, 6) is 0.0609. The van der Waals surface area contributed by atoms with Crippen LogP contribution in [0.2, 0.25) is 0 Å². The van der Waals surface area contributed by atoms with E-state index in [-0.39, 0.29) is 17.6 Å². The van der Waals surface area contributed by atoms with Gasteiger partial charge in [-0.15, -0.1) is 11.3 Å². The van der Waals surface area contributed by atoms with Crippen molar-refractivity contribution in [2.45, 2.75) is 70.1 Å². The molecule has 0 bridgehead atoms. The van der Waals surface area contributed by atoms with Crippen molar-refractivity contribution >= 4 is 22.4 Å². The number of likely N-dealkylation sites (tertiary alicyclic amines) is 1. The second-order valence-electron chi connectivity index (χ2n) is 7.57. The number of aryl methyl sites for hydroxylation is 1. The third-order valence-corrected chi connectivity index (χ3v) is 6.21. The molecule has 3 rings (SSSR count). The number of nitrogens with one attached hydrogen (secondary N) is 1. The molecule has 3 N–H and O–H groups in total. The molecule has 1 aromatic heterocycles. The zero-order chi connectivity index (χ0) is 17.9. The number of anilines is 1. The van der Waals surface area contributed by atoms with Crippen molar-refractivity contribution in [1.29, 1.82) is 0 Å². The van der Waals surface area contributed by atoms with Gasteiger partial charge in [-0.1, -0.05) is 0 Å². The number of carbonyl (C=O) groups is 1. The van der Waals surface area contributed by atoms with Crippen molar-refractivity contribution in [3.63, 3.8) is 0 Å². The third-order valence-electron chi connectivity index (χ3n) is 5.48. The van der Waals surface area contributed by atoms with Gasteiger partial charge in [0.15, 0.2) is 5.13 Å². The molecule has 1 amide bonds. The van der Waals surface area contributed by atoms with Crippen molar-refractivity contribution in [3.05, 3.63) is 11.1 Å². The summed E-state index contributed by atoms with van der Waals surface area (Å²) in [5, 5.41) is 5.49. The van der Waals surface area contributed by atoms with Gasteiger partial charge in [0.25, 0.3) is 0 Å². The van der Waals surface area contributed by atoms with E-state index in [9.17, 15) is 4.79 Å². The van der Waals surface area contributed by atoms with Crippen molar-refractivity contribution in [1.82, 2.24) is 15.2 Å². The van der Waals surface area contributed by atoms with Gasteiger partial charge in [0.05, 0.1) is 17.4 Å². The zero-order valence-electron chi connectivity index (χ0n) is 15.3. The van der Waals surface area contributed by atoms with Gasteiger partial charge < -0.3 is 20.7 Å². The lowest BCUT2D eigenvalue weighted by Crippen LogP contribution is -2.47. The number of nitrogens with two attached hydrogens (primary N) is 1. The van der Waals surface area contributed by atoms with Gasteiger partial charge in [-0.2, -0.15) is 0 Å². The predicted octanol–water partition coefficient (Wildman–Crippen LogP) is 2.20. The highest BCUT2D eigenvalue weighted by atomic mass is 32.1. The van der Waals surface area contributed by atoms with Crippen LogP contribution in [-0.4, -0.2) is 53.2 Å². The molecule has 3 heterocycles. The standard InChI is InChI=1S/C18H30N4O2S/c1-13(2)22-9-7-18(8-10-22)6-5-15(24-18)11-20-16(23)4-3-14-12-25-17(19)21-14/h12-13,15H,3-11H2,1-2H3,(H2,19,21)(H,20,23)/t15-/m1/s1. The van der Waals surface area contributed by atoms with Crippen LogP contribution in [-0.2, 0) is 16.0 Å². The fourth-order valence-corrected chi connectivity index (χ4v) is 4.45. The first-order valence-corrected chi connectivity index (χ1v) is 10.2. The molecule has 2 aliphatic heterocycles. The SMILES string of the molecule is CC(C)N1CCC2(CC[C@H](CNC(=O)CCc3csc(N)n3)O2)CC1. The van der Waals surface area contributed by atoms with Crippen LogP contribution >= 0.6 is 11.3 Å². The summed E-state index contributed by atoms with van der Waals surface area (Å²) >= 11 is 1.42. The van der Waals surface area contributed by atoms with Gasteiger partial charge in [0.2, 0.25) is 5.91 Å². The van der Waals surface area contributed by atoms with Gasteiger partial charge in [0, 0.05) is 37.5 Å². The number of piperidine rings is 1. The number of ether oxygens (including phenoxy) is 1. The van der Waals surface area contributed by atoms with E-state index < -0.39 is 0 Å². The van der Waals surface area contributed by atoms with Crippen molar-refractivity contribution < 1.29 is 9.53 Å². The Morgan fingerprint density at radius 1 is 1.48 bits per heavy atom. The zero-order valence-corrected chi connectivity index (χ0v) is 16.1. The summed E-state index contributed by atoms with van der Waals surface area (Å²) in [6.45, 7) is 7.37. The Hall–Kier alpha value is -1.18. The summed E-state index contributed by atoms with van der Waals surface area (Å²) in [4.78, 5) is 18.7. The van der Waals surface area contributed by atoms with E-state index in [1.54, 1.807) is 0 Å². The van der Waals surface area contributed by atoms with Gasteiger partial charge in [0.1, 0.15) is 0 Å². The Morgan fingerprint density at radius 3 is 2.88 bits per heavy atom. The Morgan fingerprint density at radius 2 is 2.24 bits per heavy atom. The van der Waals surface area contributed by atoms with Gasteiger partial charge in [-0.05, 0) is 46.0 Å². The molecule has 0 aliphatic carbocycles. The number of rotatable bonds is 6. The molecule has 1 atom stereocenters. The minimum atomic E-state index is 0.0545. The third kappa shape index (κ3) is 4.92. The summed E-state index contributed by atoms with van der Waals surface area (Å²) in [6.07, 6.45) is 5.64. The first-order chi connectivity index (χ1) is 12.0. The van der Waals surface area contributed by atoms with Crippen LogP contribution in [0.3, 0.4) is 0 Å². The second-order valence-corrected chi connectivity index (χ2v) is 8.46. The summed E-state index contributed by atoms with van der Waals surface area (Å²) in [5.41, 5.74) is 6.56. The minimum absolute atomic E-state index is 0.0545. The molecule has 140 valence electrons. The van der Waals surface area contributed by atoms with Crippen LogP contribution in [0.5, 0.6) is 0 Å². The van der Waals surface area contributed by atoms with Crippen LogP contribution in [0, 0.1) is 0 Å². The number of hydrogen-bond donors (Lipinski definition) is 2. The number of carbonyl (C=O) groups excluding carboxylic acids is 1. The lowest BCUT2D eigenvalue weighted by Gasteiger charge is -2.40. The topological polar surface area (TPSA) is 80.5 Å². The van der Waals surface area contributed by atoms with Crippen molar-refractivity contribution in [2.24, 2.45) is 0 Å². The summed E-state index contributed by atoms with van der Waals surface area (Å²) in [7, 11) is 0. The molecule has 0 unspecified atom stereocenters. The number of thiazole rings is 1. The van der Waals surface area contributed by atoms with Gasteiger partial charge >= 0.3 is 0 Å². The highest BCUT2D eigenvalue weighted by molar-refractivity contribution is 7.13. The highest BCUT2D eigenvalue weighted by Gasteiger charge is 2.42. The number of hydrogen-bond acceptors (Lipinski definition) is 6. The lowest BCUT2D eigenvalue weighted by atomic mass is 9.88. The molecule has 0 radical (unpaired) electrons. The molecule has 2 fully saturated rings. The van der Waals surface area contributed by atoms with Crippen LogP contribution in [0.25, 0.3) is 0 Å². The largest absolute Gasteiger partial charge is 0.375 e. The van der Waals surface area contributed by atoms with Crippen molar-refractivity contribution in [3.8, 4) is 0 Å². The number of nitrogens with zero attached hydrogens (tertiary/aromatic N) is 2. The second kappa shape index (κ2) is 8.01. The first-order valence-electron chi connectivity index (χ1n) is 9.34. The average molecular weight is 367 g/mol. The van der Waals surface area contributed by atoms with E-state index in [1.807, 2.05) is 5.38 Å². The Kier molecular flexibility index (Phi) is 5.96. The van der Waals surface area contributed by atoms with E-state index in [4.69, 9.17) is 10.5 Å². The van der Waals surface area contributed by atoms with E-state index in [2.05, 4.69) is 29.0 Å². The minimum Gasteiger partial charge on any atom is -0.375 e. The molecule has 25 heavy (non-hydrogen) atoms. The normalized spacial score (nSPS) is 23.4. The smallest absolute Gasteiger partial charge is 0.220 e. The molecule has 7 heteroatoms. The fourth-order valence-electron chi connectivity index (χ4n) is 3.85. The van der Waals surface area contributed by atoms with Crippen LogP contribution in [0.4, 0.5) is 5.13 Å². The molecule has 6 nitrogen and oxygen atoms in total. The Balaban J connectivity index is 1.36. The number of amides is 1. The maximum Gasteiger partial charge on any atom is 0.220 e. The van der Waals surface area contributed by atoms with E-state index >= 15 is 0 Å². The molecule has 0 aromatic carbocycles.